The Kier molecular flexibility index (Phi) is 18.1. The van der Waals surface area contributed by atoms with Crippen molar-refractivity contribution >= 4 is 85.6 Å². The zero-order valence-corrected chi connectivity index (χ0v) is 45.0. The highest BCUT2D eigenvalue weighted by atomic mass is 32.2. The van der Waals surface area contributed by atoms with Crippen LogP contribution in [0.2, 0.25) is 0 Å². The number of rotatable bonds is 21. The molecule has 17 nitrogen and oxygen atoms in total. The first-order valence-corrected chi connectivity index (χ1v) is 28.7. The van der Waals surface area contributed by atoms with Crippen molar-refractivity contribution in [3.05, 3.63) is 107 Å². The molecule has 2 aliphatic carbocycles. The number of imide groups is 1. The van der Waals surface area contributed by atoms with Crippen molar-refractivity contribution in [3.8, 4) is 16.2 Å². The highest BCUT2D eigenvalue weighted by Gasteiger charge is 2.60. The molecule has 2 aliphatic heterocycles. The van der Waals surface area contributed by atoms with Gasteiger partial charge in [-0.15, -0.1) is 11.3 Å². The third-order valence-electron chi connectivity index (χ3n) is 15.6. The molecule has 2 unspecified atom stereocenters. The number of carbonyl (C=O) groups is 6. The number of halogens is 1. The molecule has 0 radical (unpaired) electrons. The SMILES string of the molecule is CC(=O)N(c1ccc(C(CCNC=O)CCNc2cccc(CS(=O)(=O)N3C4(CCCC4)CC(Nc4cccc(-c5sc(C(=O)O)c(OCC=O)c5F)c4)CC34CCCC4)c2)c2ccccc12)C1CCC(=O)NC1=O.CO. The van der Waals surface area contributed by atoms with E-state index in [0.29, 0.717) is 74.0 Å². The van der Waals surface area contributed by atoms with Crippen molar-refractivity contribution in [1.82, 2.24) is 14.9 Å². The Morgan fingerprint density at radius 2 is 1.56 bits per heavy atom. The molecular weight excluding hydrogens is 1030 g/mol. The molecule has 1 aromatic heterocycles. The number of fused-ring (bicyclic) bond motifs is 1. The van der Waals surface area contributed by atoms with Gasteiger partial charge >= 0.3 is 5.97 Å². The fraction of sp³-hybridized carbons (Fsp3) is 0.439. The maximum atomic E-state index is 15.7. The van der Waals surface area contributed by atoms with Crippen LogP contribution in [-0.2, 0) is 39.7 Å². The quantitative estimate of drug-likeness (QED) is 0.0230. The summed E-state index contributed by atoms with van der Waals surface area (Å²) in [7, 11) is -2.87. The van der Waals surface area contributed by atoms with Crippen LogP contribution in [0.25, 0.3) is 21.2 Å². The first-order chi connectivity index (χ1) is 37.2. The fourth-order valence-electron chi connectivity index (χ4n) is 12.8. The lowest BCUT2D eigenvalue weighted by molar-refractivity contribution is -0.135. The number of hydrogen-bond acceptors (Lipinski definition) is 13. The summed E-state index contributed by atoms with van der Waals surface area (Å²) in [6.07, 6.45) is 10.5. The van der Waals surface area contributed by atoms with E-state index in [4.69, 9.17) is 9.84 Å². The van der Waals surface area contributed by atoms with Crippen LogP contribution >= 0.6 is 11.3 Å². The maximum absolute atomic E-state index is 15.7. The Morgan fingerprint density at radius 1 is 0.896 bits per heavy atom. The number of thiophene rings is 1. The molecule has 2 saturated carbocycles. The molecule has 4 aromatic carbocycles. The van der Waals surface area contributed by atoms with Crippen molar-refractivity contribution in [2.24, 2.45) is 0 Å². The number of carbonyl (C=O) groups excluding carboxylic acids is 5. The smallest absolute Gasteiger partial charge is 0.349 e. The standard InChI is InChI=1S/C56H63FN6O10S2.CH4O/c1-36(66)62(47-18-19-48(67)61-53(47)68)46-17-16-43(44-14-2-3-15-45(44)46)38(20-26-58-35-65)21-27-59-40-12-8-10-37(30-40)34-75(71,72)63-55(22-4-5-23-55)32-42(33-56(63)24-6-7-25-56)60-41-13-9-11-39(31-41)51-49(57)50(73-29-28-64)52(74-51)54(69)70;1-2/h2-3,8-17,28,30-31,35,38,42,47,59-60H,4-7,18-27,29,32-34H2,1H3,(H,58,65)(H,69,70)(H,61,67,68);2H,1H3. The third kappa shape index (κ3) is 12.2. The number of aliphatic hydroxyl groups excluding tert-OH is 1. The van der Waals surface area contributed by atoms with Gasteiger partial charge in [0.2, 0.25) is 34.2 Å². The number of hydrogen-bond donors (Lipinski definition) is 6. The van der Waals surface area contributed by atoms with Crippen LogP contribution in [0.5, 0.6) is 5.75 Å². The number of sulfonamides is 1. The second kappa shape index (κ2) is 24.7. The summed E-state index contributed by atoms with van der Waals surface area (Å²) in [5, 5.41) is 30.9. The predicted molar refractivity (Wildman–Crippen MR) is 294 cm³/mol. The minimum absolute atomic E-state index is 0.0559. The van der Waals surface area contributed by atoms with Gasteiger partial charge < -0.3 is 30.9 Å². The number of anilines is 3. The minimum atomic E-state index is -3.87. The highest BCUT2D eigenvalue weighted by Crippen LogP contribution is 2.55. The van der Waals surface area contributed by atoms with Gasteiger partial charge in [0, 0.05) is 67.4 Å². The van der Waals surface area contributed by atoms with Crippen molar-refractivity contribution in [3.63, 3.8) is 0 Å². The summed E-state index contributed by atoms with van der Waals surface area (Å²) in [5.74, 6) is -4.09. The number of nitrogens with zero attached hydrogens (tertiary/aromatic N) is 2. The second-order valence-corrected chi connectivity index (χ2v) is 23.3. The molecule has 4 aliphatic rings. The van der Waals surface area contributed by atoms with Gasteiger partial charge in [0.25, 0.3) is 0 Å². The summed E-state index contributed by atoms with van der Waals surface area (Å²) in [5.41, 5.74) is 2.98. The third-order valence-corrected chi connectivity index (χ3v) is 18.8. The van der Waals surface area contributed by atoms with E-state index in [0.717, 1.165) is 91.8 Å². The summed E-state index contributed by atoms with van der Waals surface area (Å²) in [4.78, 5) is 73.8. The monoisotopic (exact) mass is 1090 g/mol. The predicted octanol–water partition coefficient (Wildman–Crippen LogP) is 8.50. The Bertz CT molecular complexity index is 3080. The van der Waals surface area contributed by atoms with Crippen LogP contribution in [0.15, 0.2) is 84.9 Å². The van der Waals surface area contributed by atoms with Gasteiger partial charge in [-0.2, -0.15) is 4.31 Å². The van der Waals surface area contributed by atoms with E-state index in [-0.39, 0.29) is 52.1 Å². The minimum Gasteiger partial charge on any atom is -0.481 e. The van der Waals surface area contributed by atoms with E-state index in [1.165, 1.54) is 11.8 Å². The van der Waals surface area contributed by atoms with Gasteiger partial charge in [-0.1, -0.05) is 80.3 Å². The van der Waals surface area contributed by atoms with Crippen molar-refractivity contribution in [2.75, 3.05) is 42.3 Å². The molecule has 5 aromatic rings. The Balaban J connectivity index is 0.00000387. The van der Waals surface area contributed by atoms with Gasteiger partial charge in [0.05, 0.1) is 16.3 Å². The molecule has 4 fully saturated rings. The molecule has 410 valence electrons. The normalized spacial score (nSPS) is 19.2. The first kappa shape index (κ1) is 56.5. The number of piperidine rings is 2. The van der Waals surface area contributed by atoms with E-state index >= 15 is 12.8 Å². The molecule has 9 rings (SSSR count). The lowest BCUT2D eigenvalue weighted by atomic mass is 9.74. The van der Waals surface area contributed by atoms with Gasteiger partial charge in [0.15, 0.2) is 22.7 Å². The number of ether oxygens (including phenoxy) is 1. The van der Waals surface area contributed by atoms with Crippen LogP contribution in [0.1, 0.15) is 124 Å². The van der Waals surface area contributed by atoms with E-state index in [9.17, 15) is 33.9 Å². The van der Waals surface area contributed by atoms with E-state index in [1.54, 1.807) is 18.2 Å². The van der Waals surface area contributed by atoms with Crippen molar-refractivity contribution in [2.45, 2.75) is 132 Å². The van der Waals surface area contributed by atoms with Gasteiger partial charge in [0.1, 0.15) is 12.6 Å². The van der Waals surface area contributed by atoms with Crippen LogP contribution in [-0.4, -0.2) is 109 Å². The number of aldehydes is 1. The average molecular weight is 1100 g/mol. The van der Waals surface area contributed by atoms with Gasteiger partial charge in [-0.3, -0.25) is 34.2 Å². The fourth-order valence-corrected chi connectivity index (χ4v) is 16.1. The number of carboxylic acid groups (broad SMARTS) is 1. The molecule has 20 heteroatoms. The van der Waals surface area contributed by atoms with Gasteiger partial charge in [-0.05, 0) is 116 Å². The molecule has 2 saturated heterocycles. The second-order valence-electron chi connectivity index (χ2n) is 20.4. The molecule has 0 bridgehead atoms. The highest BCUT2D eigenvalue weighted by molar-refractivity contribution is 7.88. The molecule has 77 heavy (non-hydrogen) atoms. The summed E-state index contributed by atoms with van der Waals surface area (Å²) in [6.45, 7) is 1.87. The molecule has 4 amide bonds. The molecule has 2 atom stereocenters. The summed E-state index contributed by atoms with van der Waals surface area (Å²) < 4.78 is 53.3. The first-order valence-electron chi connectivity index (χ1n) is 26.3. The maximum Gasteiger partial charge on any atom is 0.349 e. The van der Waals surface area contributed by atoms with E-state index < -0.39 is 57.2 Å². The van der Waals surface area contributed by atoms with Crippen LogP contribution in [0.3, 0.4) is 0 Å². The summed E-state index contributed by atoms with van der Waals surface area (Å²) in [6, 6.07) is 25.3. The lowest BCUT2D eigenvalue weighted by Gasteiger charge is -2.57. The van der Waals surface area contributed by atoms with E-state index in [1.807, 2.05) is 71.0 Å². The zero-order valence-electron chi connectivity index (χ0n) is 43.4. The Hall–Kier alpha value is -6.74. The number of carboxylic acids is 1. The molecule has 6 N–H and O–H groups in total. The number of aromatic carboxylic acids is 1. The number of nitrogens with one attached hydrogen (secondary N) is 4. The van der Waals surface area contributed by atoms with Crippen molar-refractivity contribution in [1.29, 1.82) is 0 Å². The van der Waals surface area contributed by atoms with Crippen LogP contribution < -0.4 is 30.9 Å². The lowest BCUT2D eigenvalue weighted by Crippen LogP contribution is -2.67. The number of aliphatic hydroxyl groups is 1. The largest absolute Gasteiger partial charge is 0.481 e. The van der Waals surface area contributed by atoms with Crippen molar-refractivity contribution < 1.29 is 56.5 Å². The zero-order chi connectivity index (χ0) is 54.9. The van der Waals surface area contributed by atoms with E-state index in [2.05, 4.69) is 21.3 Å². The molecular formula is C57H67FN6O11S2. The topological polar surface area (TPSA) is 241 Å². The average Bonchev–Trinajstić information content (AvgIpc) is 4.36. The van der Waals surface area contributed by atoms with Crippen LogP contribution in [0, 0.1) is 5.82 Å². The molecule has 3 heterocycles. The number of amides is 4. The van der Waals surface area contributed by atoms with Gasteiger partial charge in [-0.25, -0.2) is 17.6 Å². The molecule has 2 spiro atoms. The van der Waals surface area contributed by atoms with Crippen LogP contribution in [0.4, 0.5) is 21.5 Å². The Labute approximate surface area is 452 Å². The number of benzene rings is 4. The Morgan fingerprint density at radius 3 is 2.21 bits per heavy atom. The summed E-state index contributed by atoms with van der Waals surface area (Å²) >= 11 is 0.743.